The molecule has 0 unspecified atom stereocenters. The van der Waals surface area contributed by atoms with E-state index in [0.29, 0.717) is 0 Å². The molecule has 0 N–H and O–H groups in total. The summed E-state index contributed by atoms with van der Waals surface area (Å²) in [5.41, 5.74) is 5.95. The Morgan fingerprint density at radius 3 is 1.84 bits per heavy atom. The number of thiophene rings is 2. The summed E-state index contributed by atoms with van der Waals surface area (Å²) in [6.45, 7) is 0. The number of hydrogen-bond donors (Lipinski definition) is 0. The Labute approximate surface area is 257 Å². The maximum Gasteiger partial charge on any atom is 0.0640 e. The van der Waals surface area contributed by atoms with Crippen molar-refractivity contribution in [2.45, 2.75) is 0 Å². The lowest BCUT2D eigenvalue weighted by Gasteiger charge is -2.26. The fourth-order valence-electron chi connectivity index (χ4n) is 6.36. The first kappa shape index (κ1) is 24.6. The Morgan fingerprint density at radius 1 is 0.372 bits per heavy atom. The first-order chi connectivity index (χ1) is 21.3. The largest absolute Gasteiger partial charge is 0.309 e. The van der Waals surface area contributed by atoms with Gasteiger partial charge in [-0.05, 0) is 82.6 Å². The Morgan fingerprint density at radius 2 is 1.02 bits per heavy atom. The molecular formula is C40H25NS2. The van der Waals surface area contributed by atoms with Crippen LogP contribution >= 0.6 is 22.7 Å². The predicted molar refractivity (Wildman–Crippen MR) is 190 cm³/mol. The van der Waals surface area contributed by atoms with E-state index in [4.69, 9.17) is 0 Å². The topological polar surface area (TPSA) is 3.24 Å². The van der Waals surface area contributed by atoms with E-state index in [-0.39, 0.29) is 0 Å². The standard InChI is InChI=1S/C40H25NS2/c1-2-9-30(10-3-1)41(36-14-8-13-34-32-11-4-7-16-38(32)43-40(34)36)31-21-19-26(20-22-31)27-17-18-28-25-39-35(24-29(28)23-27)33-12-5-6-15-37(33)42-39/h1-25H. The van der Waals surface area contributed by atoms with Crippen LogP contribution in [0.3, 0.4) is 0 Å². The molecule has 0 atom stereocenters. The number of anilines is 3. The normalized spacial score (nSPS) is 11.7. The van der Waals surface area contributed by atoms with Crippen molar-refractivity contribution in [2.24, 2.45) is 0 Å². The van der Waals surface area contributed by atoms with Gasteiger partial charge in [0.15, 0.2) is 0 Å². The number of para-hydroxylation sites is 1. The second kappa shape index (κ2) is 9.81. The van der Waals surface area contributed by atoms with Crippen molar-refractivity contribution in [1.82, 2.24) is 0 Å². The molecule has 0 aliphatic rings. The van der Waals surface area contributed by atoms with Gasteiger partial charge in [0.2, 0.25) is 0 Å². The minimum Gasteiger partial charge on any atom is -0.309 e. The number of fused-ring (bicyclic) bond motifs is 7. The summed E-state index contributed by atoms with van der Waals surface area (Å²) in [6.07, 6.45) is 0. The van der Waals surface area contributed by atoms with Crippen molar-refractivity contribution in [1.29, 1.82) is 0 Å². The zero-order chi connectivity index (χ0) is 28.3. The molecule has 0 aliphatic heterocycles. The molecule has 9 rings (SSSR count). The Hall–Kier alpha value is -4.96. The lowest BCUT2D eigenvalue weighted by molar-refractivity contribution is 1.30. The molecule has 7 aromatic carbocycles. The number of nitrogens with zero attached hydrogens (tertiary/aromatic N) is 1. The maximum atomic E-state index is 2.39. The fraction of sp³-hybridized carbons (Fsp3) is 0. The van der Waals surface area contributed by atoms with Gasteiger partial charge in [-0.25, -0.2) is 0 Å². The summed E-state index contributed by atoms with van der Waals surface area (Å²) in [5.74, 6) is 0. The third-order valence-electron chi connectivity index (χ3n) is 8.43. The molecule has 2 aromatic heterocycles. The van der Waals surface area contributed by atoms with E-state index < -0.39 is 0 Å². The Bertz CT molecular complexity index is 2450. The minimum absolute atomic E-state index is 1.15. The van der Waals surface area contributed by atoms with E-state index >= 15 is 0 Å². The number of benzene rings is 7. The highest BCUT2D eigenvalue weighted by molar-refractivity contribution is 7.26. The molecular weight excluding hydrogens is 559 g/mol. The average molecular weight is 584 g/mol. The summed E-state index contributed by atoms with van der Waals surface area (Å²) < 4.78 is 5.31. The Kier molecular flexibility index (Phi) is 5.62. The molecule has 1 nitrogen and oxygen atoms in total. The molecule has 0 amide bonds. The molecule has 0 aliphatic carbocycles. The van der Waals surface area contributed by atoms with Crippen LogP contribution in [-0.2, 0) is 0 Å². The second-order valence-corrected chi connectivity index (χ2v) is 13.1. The van der Waals surface area contributed by atoms with E-state index in [2.05, 4.69) is 157 Å². The summed E-state index contributed by atoms with van der Waals surface area (Å²) >= 11 is 3.74. The highest BCUT2D eigenvalue weighted by Crippen LogP contribution is 2.45. The van der Waals surface area contributed by atoms with E-state index in [0.717, 1.165) is 11.4 Å². The van der Waals surface area contributed by atoms with Gasteiger partial charge >= 0.3 is 0 Å². The molecule has 0 fully saturated rings. The molecule has 2 heterocycles. The summed E-state index contributed by atoms with van der Waals surface area (Å²) in [5, 5.41) is 7.87. The molecule has 202 valence electrons. The van der Waals surface area contributed by atoms with Crippen molar-refractivity contribution < 1.29 is 0 Å². The van der Waals surface area contributed by atoms with Crippen LogP contribution in [0.25, 0.3) is 62.2 Å². The van der Waals surface area contributed by atoms with Crippen LogP contribution in [0.1, 0.15) is 0 Å². The molecule has 0 bridgehead atoms. The number of hydrogen-bond acceptors (Lipinski definition) is 3. The number of rotatable bonds is 4. The summed E-state index contributed by atoms with van der Waals surface area (Å²) in [6, 6.07) is 55.4. The van der Waals surface area contributed by atoms with Gasteiger partial charge in [-0.1, -0.05) is 91.0 Å². The van der Waals surface area contributed by atoms with Crippen molar-refractivity contribution >= 4 is 90.9 Å². The van der Waals surface area contributed by atoms with Gasteiger partial charge in [0.1, 0.15) is 0 Å². The van der Waals surface area contributed by atoms with Gasteiger partial charge in [0, 0.05) is 47.0 Å². The van der Waals surface area contributed by atoms with Gasteiger partial charge in [-0.15, -0.1) is 22.7 Å². The van der Waals surface area contributed by atoms with Crippen LogP contribution in [0.4, 0.5) is 17.1 Å². The van der Waals surface area contributed by atoms with E-state index in [1.165, 1.54) is 67.9 Å². The quantitative estimate of drug-likeness (QED) is 0.199. The predicted octanol–water partition coefficient (Wildman–Crippen LogP) is 12.7. The minimum atomic E-state index is 1.15. The maximum absolute atomic E-state index is 2.39. The van der Waals surface area contributed by atoms with E-state index in [1.807, 2.05) is 22.7 Å². The molecule has 0 spiro atoms. The van der Waals surface area contributed by atoms with Gasteiger partial charge in [-0.3, -0.25) is 0 Å². The first-order valence-corrected chi connectivity index (χ1v) is 16.1. The highest BCUT2D eigenvalue weighted by Gasteiger charge is 2.18. The van der Waals surface area contributed by atoms with E-state index in [9.17, 15) is 0 Å². The van der Waals surface area contributed by atoms with Crippen molar-refractivity contribution in [2.75, 3.05) is 4.90 Å². The van der Waals surface area contributed by atoms with Crippen LogP contribution < -0.4 is 4.90 Å². The van der Waals surface area contributed by atoms with Crippen molar-refractivity contribution in [3.8, 4) is 11.1 Å². The smallest absolute Gasteiger partial charge is 0.0640 e. The SMILES string of the molecule is c1ccc(N(c2ccc(-c3ccc4cc5sc6ccccc6c5cc4c3)cc2)c2cccc3c2sc2ccccc23)cc1. The van der Waals surface area contributed by atoms with Crippen LogP contribution in [-0.4, -0.2) is 0 Å². The summed E-state index contributed by atoms with van der Waals surface area (Å²) in [7, 11) is 0. The van der Waals surface area contributed by atoms with Crippen molar-refractivity contribution in [3.05, 3.63) is 152 Å². The van der Waals surface area contributed by atoms with Crippen molar-refractivity contribution in [3.63, 3.8) is 0 Å². The monoisotopic (exact) mass is 583 g/mol. The molecule has 0 saturated carbocycles. The molecule has 9 aromatic rings. The van der Waals surface area contributed by atoms with Crippen LogP contribution in [0.15, 0.2) is 152 Å². The first-order valence-electron chi connectivity index (χ1n) is 14.5. The second-order valence-electron chi connectivity index (χ2n) is 11.0. The van der Waals surface area contributed by atoms with Crippen LogP contribution in [0, 0.1) is 0 Å². The highest BCUT2D eigenvalue weighted by atomic mass is 32.1. The Balaban J connectivity index is 1.15. The lowest BCUT2D eigenvalue weighted by Crippen LogP contribution is -2.09. The van der Waals surface area contributed by atoms with E-state index in [1.54, 1.807) is 0 Å². The van der Waals surface area contributed by atoms with Crippen LogP contribution in [0.5, 0.6) is 0 Å². The summed E-state index contributed by atoms with van der Waals surface area (Å²) in [4.78, 5) is 2.39. The molecule has 0 saturated heterocycles. The average Bonchev–Trinajstić information content (AvgIpc) is 3.63. The van der Waals surface area contributed by atoms with Gasteiger partial charge in [0.25, 0.3) is 0 Å². The molecule has 3 heteroatoms. The molecule has 0 radical (unpaired) electrons. The van der Waals surface area contributed by atoms with Gasteiger partial charge in [0.05, 0.1) is 10.4 Å². The van der Waals surface area contributed by atoms with Gasteiger partial charge in [-0.2, -0.15) is 0 Å². The molecule has 43 heavy (non-hydrogen) atoms. The van der Waals surface area contributed by atoms with Gasteiger partial charge < -0.3 is 4.90 Å². The zero-order valence-electron chi connectivity index (χ0n) is 23.2. The fourth-order valence-corrected chi connectivity index (χ4v) is 8.71. The third-order valence-corrected chi connectivity index (χ3v) is 10.8. The zero-order valence-corrected chi connectivity index (χ0v) is 24.8. The lowest BCUT2D eigenvalue weighted by atomic mass is 9.99. The van der Waals surface area contributed by atoms with Crippen LogP contribution in [0.2, 0.25) is 0 Å². The third kappa shape index (κ3) is 4.04.